The number of esters is 1. The molecule has 0 aliphatic rings. The molecule has 3 atom stereocenters. The Morgan fingerprint density at radius 2 is 0.783 bits per heavy atom. The van der Waals surface area contributed by atoms with E-state index in [2.05, 4.69) is 105 Å². The summed E-state index contributed by atoms with van der Waals surface area (Å²) in [5.41, 5.74) is 0. The minimum atomic E-state index is -4.72. The third-order valence-electron chi connectivity index (χ3n) is 15.0. The molecule has 0 saturated heterocycles. The summed E-state index contributed by atoms with van der Waals surface area (Å²) in [6, 6.07) is -0.923. The van der Waals surface area contributed by atoms with Crippen LogP contribution in [-0.2, 0) is 27.9 Å². The Hall–Kier alpha value is -3.07. The molecule has 0 aromatic heterocycles. The summed E-state index contributed by atoms with van der Waals surface area (Å²) in [6.07, 6.45) is 84.2. The number of nitrogens with zero attached hydrogens (tertiary/aromatic N) is 1. The molecule has 0 aliphatic carbocycles. The van der Waals surface area contributed by atoms with Crippen LogP contribution in [-0.4, -0.2) is 69.4 Å². The lowest BCUT2D eigenvalue weighted by molar-refractivity contribution is -0.870. The highest BCUT2D eigenvalue weighted by atomic mass is 31.2. The smallest absolute Gasteiger partial charge is 0.306 e. The van der Waals surface area contributed by atoms with Gasteiger partial charge in [0.1, 0.15) is 19.3 Å². The van der Waals surface area contributed by atoms with Gasteiger partial charge in [-0.25, -0.2) is 0 Å². The minimum Gasteiger partial charge on any atom is -0.756 e. The van der Waals surface area contributed by atoms with Crippen molar-refractivity contribution in [1.82, 2.24) is 5.32 Å². The summed E-state index contributed by atoms with van der Waals surface area (Å²) in [5.74, 6) is -0.635. The van der Waals surface area contributed by atoms with Crippen LogP contribution in [0.25, 0.3) is 0 Å². The first-order valence-electron chi connectivity index (χ1n) is 34.5. The lowest BCUT2D eigenvalue weighted by Crippen LogP contribution is -2.47. The highest BCUT2D eigenvalue weighted by Crippen LogP contribution is 2.38. The molecule has 0 bridgehead atoms. The number of quaternary nitrogens is 1. The summed E-state index contributed by atoms with van der Waals surface area (Å²) in [5, 5.41) is 3.02. The molecule has 0 fully saturated rings. The quantitative estimate of drug-likeness (QED) is 0.0212. The van der Waals surface area contributed by atoms with E-state index >= 15 is 0 Å². The Bertz CT molecular complexity index is 1740. The second kappa shape index (κ2) is 62.0. The summed E-state index contributed by atoms with van der Waals surface area (Å²) in [7, 11) is 1.14. The van der Waals surface area contributed by atoms with Crippen LogP contribution in [0, 0.1) is 0 Å². The fourth-order valence-electron chi connectivity index (χ4n) is 9.72. The van der Waals surface area contributed by atoms with E-state index in [1.54, 1.807) is 0 Å². The molecular weight excluding hydrogens is 1050 g/mol. The van der Waals surface area contributed by atoms with Crippen LogP contribution in [0.5, 0.6) is 0 Å². The van der Waals surface area contributed by atoms with Gasteiger partial charge in [-0.15, -0.1) is 0 Å². The monoisotopic (exact) mass is 1180 g/mol. The van der Waals surface area contributed by atoms with Gasteiger partial charge < -0.3 is 28.5 Å². The van der Waals surface area contributed by atoms with Gasteiger partial charge in [0.2, 0.25) is 5.91 Å². The number of allylic oxidation sites excluding steroid dienone is 15. The van der Waals surface area contributed by atoms with Crippen LogP contribution in [0.1, 0.15) is 303 Å². The van der Waals surface area contributed by atoms with E-state index in [0.29, 0.717) is 23.9 Å². The molecule has 1 amide bonds. The molecule has 0 spiro atoms. The van der Waals surface area contributed by atoms with Crippen molar-refractivity contribution >= 4 is 19.7 Å². The Labute approximate surface area is 513 Å². The molecule has 0 aliphatic heterocycles. The first kappa shape index (κ1) is 79.9. The van der Waals surface area contributed by atoms with Crippen molar-refractivity contribution in [2.24, 2.45) is 0 Å². The molecule has 0 saturated carbocycles. The number of hydrogen-bond donors (Lipinski definition) is 1. The van der Waals surface area contributed by atoms with Crippen LogP contribution >= 0.6 is 7.82 Å². The summed E-state index contributed by atoms with van der Waals surface area (Å²) in [4.78, 5) is 40.0. The molecule has 1 N–H and O–H groups in total. The number of rotatable bonds is 62. The summed E-state index contributed by atoms with van der Waals surface area (Å²) < 4.78 is 30.3. The zero-order chi connectivity index (χ0) is 60.7. The van der Waals surface area contributed by atoms with Gasteiger partial charge in [-0.1, -0.05) is 292 Å². The van der Waals surface area contributed by atoms with Crippen LogP contribution in [0.3, 0.4) is 0 Å². The van der Waals surface area contributed by atoms with Gasteiger partial charge in [-0.05, 0) is 96.0 Å². The summed E-state index contributed by atoms with van der Waals surface area (Å²) in [6.45, 7) is 6.69. The average Bonchev–Trinajstić information content (AvgIpc) is 3.51. The zero-order valence-corrected chi connectivity index (χ0v) is 55.8. The van der Waals surface area contributed by atoms with Crippen molar-refractivity contribution in [3.8, 4) is 0 Å². The minimum absolute atomic E-state index is 0.0364. The number of phosphoric acid groups is 1. The molecule has 9 nitrogen and oxygen atoms in total. The van der Waals surface area contributed by atoms with Gasteiger partial charge in [-0.3, -0.25) is 14.2 Å². The highest BCUT2D eigenvalue weighted by molar-refractivity contribution is 7.45. The SMILES string of the molecule is CC/C=C\C/C=C\C/C=C\C/C=C\C/C=C\C/C=C\CCC(=O)OC(/C=C\CCCCCCCCCCC)C(COP(=O)([O-])OCC[N+](C)(C)C)NC(=O)CCCCCCCCCCCCCCCCCCC/C=C/CCCCCCCC. The van der Waals surface area contributed by atoms with E-state index in [0.717, 1.165) is 77.0 Å². The highest BCUT2D eigenvalue weighted by Gasteiger charge is 2.27. The Kier molecular flexibility index (Phi) is 59.7. The fraction of sp³-hybridized carbons (Fsp3) is 0.753. The number of amides is 1. The van der Waals surface area contributed by atoms with Gasteiger partial charge in [0.25, 0.3) is 7.82 Å². The molecule has 0 radical (unpaired) electrons. The maximum Gasteiger partial charge on any atom is 0.306 e. The molecule has 83 heavy (non-hydrogen) atoms. The number of likely N-dealkylation sites (N-methyl/N-ethyl adjacent to an activating group) is 1. The number of phosphoric ester groups is 1. The second-order valence-electron chi connectivity index (χ2n) is 24.3. The normalized spacial score (nSPS) is 14.2. The number of carbonyl (C=O) groups is 2. The number of unbranched alkanes of at least 4 members (excludes halogenated alkanes) is 32. The van der Waals surface area contributed by atoms with Crippen LogP contribution in [0.15, 0.2) is 97.2 Å². The number of ether oxygens (including phenoxy) is 1. The van der Waals surface area contributed by atoms with E-state index in [1.807, 2.05) is 39.4 Å². The van der Waals surface area contributed by atoms with E-state index in [-0.39, 0.29) is 18.9 Å². The number of carbonyl (C=O) groups excluding carboxylic acids is 2. The van der Waals surface area contributed by atoms with E-state index in [9.17, 15) is 19.0 Å². The Morgan fingerprint density at radius 1 is 0.434 bits per heavy atom. The largest absolute Gasteiger partial charge is 0.756 e. The molecule has 480 valence electrons. The van der Waals surface area contributed by atoms with E-state index in [4.69, 9.17) is 13.8 Å². The molecule has 0 aromatic carbocycles. The maximum atomic E-state index is 13.6. The molecule has 0 rings (SSSR count). The summed E-state index contributed by atoms with van der Waals surface area (Å²) >= 11 is 0. The lowest BCUT2D eigenvalue weighted by Gasteiger charge is -2.30. The number of hydrogen-bond acceptors (Lipinski definition) is 7. The molecule has 0 heterocycles. The zero-order valence-electron chi connectivity index (χ0n) is 54.9. The predicted octanol–water partition coefficient (Wildman–Crippen LogP) is 21.3. The van der Waals surface area contributed by atoms with Crippen molar-refractivity contribution in [1.29, 1.82) is 0 Å². The van der Waals surface area contributed by atoms with Crippen molar-refractivity contribution in [3.05, 3.63) is 97.2 Å². The van der Waals surface area contributed by atoms with E-state index in [1.165, 1.54) is 186 Å². The van der Waals surface area contributed by atoms with Gasteiger partial charge in [0.15, 0.2) is 0 Å². The van der Waals surface area contributed by atoms with Crippen LogP contribution in [0.4, 0.5) is 0 Å². The first-order chi connectivity index (χ1) is 40.4. The Balaban J connectivity index is 5.08. The predicted molar refractivity (Wildman–Crippen MR) is 358 cm³/mol. The van der Waals surface area contributed by atoms with Crippen LogP contribution < -0.4 is 10.2 Å². The average molecular weight is 1180 g/mol. The fourth-order valence-corrected chi connectivity index (χ4v) is 10.4. The Morgan fingerprint density at radius 3 is 1.18 bits per heavy atom. The topological polar surface area (TPSA) is 114 Å². The first-order valence-corrected chi connectivity index (χ1v) is 36.0. The van der Waals surface area contributed by atoms with Gasteiger partial charge >= 0.3 is 5.97 Å². The van der Waals surface area contributed by atoms with Crippen molar-refractivity contribution in [2.45, 2.75) is 315 Å². The van der Waals surface area contributed by atoms with Crippen molar-refractivity contribution in [2.75, 3.05) is 40.9 Å². The molecule has 0 aromatic rings. The van der Waals surface area contributed by atoms with Gasteiger partial charge in [0, 0.05) is 12.8 Å². The van der Waals surface area contributed by atoms with Crippen molar-refractivity contribution < 1.29 is 37.3 Å². The lowest BCUT2D eigenvalue weighted by atomic mass is 10.0. The van der Waals surface area contributed by atoms with Gasteiger partial charge in [-0.2, -0.15) is 0 Å². The second-order valence-corrected chi connectivity index (χ2v) is 25.7. The third kappa shape index (κ3) is 63.3. The maximum absolute atomic E-state index is 13.6. The standard InChI is InChI=1S/C73H131N2O7P/c1-7-10-13-16-19-22-25-27-29-31-33-34-35-36-37-38-39-40-42-43-45-47-50-53-56-59-62-65-72(76)74-70(69-81-83(78,79)80-68-67-75(4,5)6)71(64-61-58-55-52-49-24-21-18-15-12-9-3)82-73(77)66-63-60-57-54-51-48-46-44-41-32-30-28-26-23-20-17-14-11-8-2/h11,14,20,23,27-30,41,44,48,51,57,60-61,64,70-71H,7-10,12-13,15-19,21-22,24-26,31-40,42-43,45-47,49-50,52-56,58-59,62-63,65-69H2,1-6H3,(H-,74,76,78,79)/b14-11-,23-20-,29-27+,30-28-,44-41-,51-48-,60-57-,64-61-. The van der Waals surface area contributed by atoms with Crippen LogP contribution in [0.2, 0.25) is 0 Å². The number of nitrogens with one attached hydrogen (secondary N) is 1. The molecule has 10 heteroatoms. The molecular formula is C73H131N2O7P. The van der Waals surface area contributed by atoms with Gasteiger partial charge in [0.05, 0.1) is 33.8 Å². The third-order valence-corrected chi connectivity index (χ3v) is 16.0. The van der Waals surface area contributed by atoms with E-state index < -0.39 is 32.5 Å². The molecule has 3 unspecified atom stereocenters. The van der Waals surface area contributed by atoms with Crippen molar-refractivity contribution in [3.63, 3.8) is 0 Å².